The van der Waals surface area contributed by atoms with Gasteiger partial charge >= 0.3 is 0 Å². The van der Waals surface area contributed by atoms with Crippen LogP contribution >= 0.6 is 11.3 Å². The van der Waals surface area contributed by atoms with E-state index in [9.17, 15) is 13.6 Å². The van der Waals surface area contributed by atoms with Gasteiger partial charge in [0, 0.05) is 34.5 Å². The number of carbonyl (C=O) groups excluding carboxylic acids is 1. The molecule has 0 saturated carbocycles. The van der Waals surface area contributed by atoms with E-state index in [-0.39, 0.29) is 5.69 Å². The first-order chi connectivity index (χ1) is 10.6. The Kier molecular flexibility index (Phi) is 3.93. The number of thiazole rings is 1. The maximum Gasteiger partial charge on any atom is 0.255 e. The van der Waals surface area contributed by atoms with Gasteiger partial charge in [-0.15, -0.1) is 11.3 Å². The molecule has 1 N–H and O–H groups in total. The van der Waals surface area contributed by atoms with Crippen molar-refractivity contribution < 1.29 is 13.6 Å². The quantitative estimate of drug-likeness (QED) is 0.781. The summed E-state index contributed by atoms with van der Waals surface area (Å²) in [6.45, 7) is 0. The van der Waals surface area contributed by atoms with Gasteiger partial charge in [0.1, 0.15) is 5.01 Å². The minimum absolute atomic E-state index is 0.198. The fourth-order valence-corrected chi connectivity index (χ4v) is 2.57. The number of aromatic nitrogens is 1. The van der Waals surface area contributed by atoms with Crippen LogP contribution in [0.2, 0.25) is 0 Å². The van der Waals surface area contributed by atoms with Crippen LogP contribution in [0, 0.1) is 11.6 Å². The number of nitrogens with zero attached hydrogens (tertiary/aromatic N) is 1. The second-order valence-corrected chi connectivity index (χ2v) is 5.40. The van der Waals surface area contributed by atoms with Crippen molar-refractivity contribution in [2.24, 2.45) is 0 Å². The van der Waals surface area contributed by atoms with Crippen molar-refractivity contribution in [1.29, 1.82) is 0 Å². The van der Waals surface area contributed by atoms with Crippen LogP contribution in [0.1, 0.15) is 10.4 Å². The van der Waals surface area contributed by atoms with Crippen LogP contribution in [0.15, 0.2) is 54.0 Å². The first-order valence-corrected chi connectivity index (χ1v) is 7.28. The highest BCUT2D eigenvalue weighted by molar-refractivity contribution is 7.13. The highest BCUT2D eigenvalue weighted by Crippen LogP contribution is 2.23. The molecule has 0 aliphatic heterocycles. The maximum atomic E-state index is 13.1. The van der Waals surface area contributed by atoms with Gasteiger partial charge in [-0.3, -0.25) is 4.79 Å². The topological polar surface area (TPSA) is 42.0 Å². The molecule has 0 bridgehead atoms. The molecule has 0 saturated heterocycles. The number of hydrogen-bond donors (Lipinski definition) is 1. The molecule has 3 nitrogen and oxygen atoms in total. The molecular formula is C16H10F2N2OS. The summed E-state index contributed by atoms with van der Waals surface area (Å²) in [5.41, 5.74) is 1.44. The number of halogens is 2. The predicted molar refractivity (Wildman–Crippen MR) is 81.9 cm³/mol. The summed E-state index contributed by atoms with van der Waals surface area (Å²) in [4.78, 5) is 16.4. The van der Waals surface area contributed by atoms with Crippen LogP contribution in [0.4, 0.5) is 14.5 Å². The second-order valence-electron chi connectivity index (χ2n) is 4.50. The van der Waals surface area contributed by atoms with Crippen LogP contribution < -0.4 is 5.32 Å². The number of carbonyl (C=O) groups is 1. The van der Waals surface area contributed by atoms with Crippen molar-refractivity contribution in [3.63, 3.8) is 0 Å². The number of nitrogens with one attached hydrogen (secondary N) is 1. The third-order valence-electron chi connectivity index (χ3n) is 2.98. The van der Waals surface area contributed by atoms with Gasteiger partial charge < -0.3 is 5.32 Å². The molecule has 6 heteroatoms. The van der Waals surface area contributed by atoms with Gasteiger partial charge in [0.05, 0.1) is 0 Å². The molecule has 0 aliphatic carbocycles. The molecule has 1 aromatic heterocycles. The lowest BCUT2D eigenvalue weighted by atomic mass is 10.1. The Bertz CT molecular complexity index is 819. The summed E-state index contributed by atoms with van der Waals surface area (Å²) in [6, 6.07) is 10.2. The minimum Gasteiger partial charge on any atom is -0.322 e. The van der Waals surface area contributed by atoms with Gasteiger partial charge in [-0.1, -0.05) is 12.1 Å². The first kappa shape index (κ1) is 14.3. The van der Waals surface area contributed by atoms with Crippen molar-refractivity contribution in [2.45, 2.75) is 0 Å². The van der Waals surface area contributed by atoms with Gasteiger partial charge in [0.2, 0.25) is 0 Å². The van der Waals surface area contributed by atoms with Crippen molar-refractivity contribution in [3.8, 4) is 10.6 Å². The number of benzene rings is 2. The average Bonchev–Trinajstić information content (AvgIpc) is 3.05. The largest absolute Gasteiger partial charge is 0.322 e. The molecule has 0 unspecified atom stereocenters. The van der Waals surface area contributed by atoms with E-state index in [2.05, 4.69) is 10.3 Å². The van der Waals surface area contributed by atoms with Crippen molar-refractivity contribution in [2.75, 3.05) is 5.32 Å². The monoisotopic (exact) mass is 316 g/mol. The van der Waals surface area contributed by atoms with E-state index >= 15 is 0 Å². The van der Waals surface area contributed by atoms with Crippen molar-refractivity contribution in [1.82, 2.24) is 4.98 Å². The standard InChI is InChI=1S/C16H10F2N2OS/c17-13-5-4-12(9-14(13)18)20-15(21)10-2-1-3-11(8-10)16-19-6-7-22-16/h1-9H,(H,20,21). The molecule has 0 aliphatic rings. The third-order valence-corrected chi connectivity index (χ3v) is 3.80. The van der Waals surface area contributed by atoms with Gasteiger partial charge in [-0.25, -0.2) is 13.8 Å². The highest BCUT2D eigenvalue weighted by atomic mass is 32.1. The van der Waals surface area contributed by atoms with E-state index in [0.29, 0.717) is 5.56 Å². The van der Waals surface area contributed by atoms with Crippen LogP contribution in [0.5, 0.6) is 0 Å². The Morgan fingerprint density at radius 1 is 1.09 bits per heavy atom. The average molecular weight is 316 g/mol. The number of rotatable bonds is 3. The Morgan fingerprint density at radius 2 is 1.95 bits per heavy atom. The third kappa shape index (κ3) is 3.01. The molecule has 22 heavy (non-hydrogen) atoms. The zero-order valence-electron chi connectivity index (χ0n) is 11.2. The lowest BCUT2D eigenvalue weighted by molar-refractivity contribution is 0.102. The molecule has 0 radical (unpaired) electrons. The molecule has 0 fully saturated rings. The SMILES string of the molecule is O=C(Nc1ccc(F)c(F)c1)c1cccc(-c2nccs2)c1. The van der Waals surface area contributed by atoms with E-state index < -0.39 is 17.5 Å². The molecule has 2 aromatic carbocycles. The number of anilines is 1. The summed E-state index contributed by atoms with van der Waals surface area (Å²) in [5, 5.41) is 5.19. The molecule has 0 atom stereocenters. The normalized spacial score (nSPS) is 10.5. The Hall–Kier alpha value is -2.60. The molecule has 1 amide bonds. The summed E-state index contributed by atoms with van der Waals surface area (Å²) in [7, 11) is 0. The van der Waals surface area contributed by atoms with Gasteiger partial charge in [-0.05, 0) is 24.3 Å². The van der Waals surface area contributed by atoms with Gasteiger partial charge in [-0.2, -0.15) is 0 Å². The van der Waals surface area contributed by atoms with Crippen molar-refractivity contribution in [3.05, 3.63) is 71.2 Å². The molecule has 110 valence electrons. The van der Waals surface area contributed by atoms with Crippen LogP contribution in [0.3, 0.4) is 0 Å². The van der Waals surface area contributed by atoms with E-state index in [1.165, 1.54) is 17.4 Å². The Morgan fingerprint density at radius 3 is 2.68 bits per heavy atom. The lowest BCUT2D eigenvalue weighted by Gasteiger charge is -2.06. The predicted octanol–water partition coefficient (Wildman–Crippen LogP) is 4.34. The molecule has 0 spiro atoms. The molecule has 1 heterocycles. The first-order valence-electron chi connectivity index (χ1n) is 6.40. The maximum absolute atomic E-state index is 13.1. The van der Waals surface area contributed by atoms with E-state index in [0.717, 1.165) is 22.7 Å². The lowest BCUT2D eigenvalue weighted by Crippen LogP contribution is -2.12. The van der Waals surface area contributed by atoms with Crippen LogP contribution in [-0.2, 0) is 0 Å². The number of amides is 1. The summed E-state index contributed by atoms with van der Waals surface area (Å²) in [5.74, 6) is -2.36. The highest BCUT2D eigenvalue weighted by Gasteiger charge is 2.10. The summed E-state index contributed by atoms with van der Waals surface area (Å²) in [6.07, 6.45) is 1.69. The zero-order chi connectivity index (χ0) is 15.5. The van der Waals surface area contributed by atoms with E-state index in [1.54, 1.807) is 24.4 Å². The Balaban J connectivity index is 1.83. The molecular weight excluding hydrogens is 306 g/mol. The fraction of sp³-hybridized carbons (Fsp3) is 0. The minimum atomic E-state index is -1.01. The summed E-state index contributed by atoms with van der Waals surface area (Å²) >= 11 is 1.47. The van der Waals surface area contributed by atoms with E-state index in [4.69, 9.17) is 0 Å². The van der Waals surface area contributed by atoms with Crippen molar-refractivity contribution >= 4 is 22.9 Å². The van der Waals surface area contributed by atoms with Crippen LogP contribution in [0.25, 0.3) is 10.6 Å². The summed E-state index contributed by atoms with van der Waals surface area (Å²) < 4.78 is 26.0. The molecule has 3 rings (SSSR count). The molecule has 3 aromatic rings. The van der Waals surface area contributed by atoms with E-state index in [1.807, 2.05) is 11.4 Å². The second kappa shape index (κ2) is 6.03. The zero-order valence-corrected chi connectivity index (χ0v) is 12.0. The van der Waals surface area contributed by atoms with Crippen LogP contribution in [-0.4, -0.2) is 10.9 Å². The number of hydrogen-bond acceptors (Lipinski definition) is 3. The smallest absolute Gasteiger partial charge is 0.255 e. The Labute approximate surface area is 129 Å². The van der Waals surface area contributed by atoms with Gasteiger partial charge in [0.15, 0.2) is 11.6 Å². The van der Waals surface area contributed by atoms with Gasteiger partial charge in [0.25, 0.3) is 5.91 Å². The fourth-order valence-electron chi connectivity index (χ4n) is 1.94.